The molecule has 0 saturated heterocycles. The molecule has 1 aliphatic rings. The molecule has 0 saturated carbocycles. The first kappa shape index (κ1) is 11.5. The molecule has 0 aliphatic carbocycles. The average molecular weight is 302 g/mol. The van der Waals surface area contributed by atoms with Gasteiger partial charge in [0.05, 0.1) is 6.04 Å². The molecule has 2 aromatic rings. The van der Waals surface area contributed by atoms with Crippen molar-refractivity contribution in [3.8, 4) is 0 Å². The van der Waals surface area contributed by atoms with Crippen LogP contribution >= 0.6 is 15.9 Å². The number of fused-ring (bicyclic) bond motifs is 1. The molecule has 1 heterocycles. The number of anilines is 1. The molecule has 2 atom stereocenters. The van der Waals surface area contributed by atoms with Crippen LogP contribution in [0.3, 0.4) is 0 Å². The Morgan fingerprint density at radius 2 is 1.61 bits per heavy atom. The fourth-order valence-corrected chi connectivity index (χ4v) is 2.96. The number of alkyl halides is 1. The predicted molar refractivity (Wildman–Crippen MR) is 76.3 cm³/mol. The Morgan fingerprint density at radius 1 is 0.944 bits per heavy atom. The molecule has 18 heavy (non-hydrogen) atoms. The number of para-hydroxylation sites is 1. The van der Waals surface area contributed by atoms with E-state index in [2.05, 4.69) is 21.2 Å². The van der Waals surface area contributed by atoms with E-state index in [0.717, 1.165) is 16.8 Å². The van der Waals surface area contributed by atoms with Crippen LogP contribution in [-0.4, -0.2) is 10.6 Å². The van der Waals surface area contributed by atoms with Crippen molar-refractivity contribution in [2.75, 3.05) is 5.32 Å². The Morgan fingerprint density at radius 3 is 2.39 bits per heavy atom. The van der Waals surface area contributed by atoms with Gasteiger partial charge in [0.2, 0.25) is 0 Å². The van der Waals surface area contributed by atoms with Gasteiger partial charge in [-0.3, -0.25) is 4.79 Å². The van der Waals surface area contributed by atoms with E-state index in [1.54, 1.807) is 0 Å². The maximum Gasteiger partial charge on any atom is 0.180 e. The van der Waals surface area contributed by atoms with Crippen LogP contribution in [-0.2, 0) is 0 Å². The first-order valence-corrected chi connectivity index (χ1v) is 6.78. The Hall–Kier alpha value is -1.61. The third-order valence-corrected chi connectivity index (χ3v) is 4.15. The molecule has 90 valence electrons. The highest BCUT2D eigenvalue weighted by Gasteiger charge is 2.33. The third-order valence-electron chi connectivity index (χ3n) is 3.21. The standard InChI is InChI=1S/C15H12BrNO/c16-13-14(10-6-2-1-3-7-10)17-12-9-5-4-8-11(12)15(13)18/h1-9,13-14,17H. The molecule has 2 aromatic carbocycles. The number of hydrogen-bond donors (Lipinski definition) is 1. The second kappa shape index (κ2) is 4.58. The molecule has 3 heteroatoms. The topological polar surface area (TPSA) is 29.1 Å². The fraction of sp³-hybridized carbons (Fsp3) is 0.133. The SMILES string of the molecule is O=C1c2ccccc2NC(c2ccccc2)C1Br. The van der Waals surface area contributed by atoms with Crippen molar-refractivity contribution in [3.05, 3.63) is 65.7 Å². The van der Waals surface area contributed by atoms with Crippen molar-refractivity contribution in [1.29, 1.82) is 0 Å². The fourth-order valence-electron chi connectivity index (χ4n) is 2.28. The minimum atomic E-state index is -0.227. The van der Waals surface area contributed by atoms with E-state index in [0.29, 0.717) is 0 Å². The lowest BCUT2D eigenvalue weighted by Gasteiger charge is -2.30. The highest BCUT2D eigenvalue weighted by Crippen LogP contribution is 2.36. The molecule has 0 amide bonds. The Kier molecular flexibility index (Phi) is 2.92. The van der Waals surface area contributed by atoms with Crippen molar-refractivity contribution < 1.29 is 4.79 Å². The summed E-state index contributed by atoms with van der Waals surface area (Å²) in [4.78, 5) is 12.1. The van der Waals surface area contributed by atoms with Gasteiger partial charge in [-0.1, -0.05) is 58.4 Å². The normalized spacial score (nSPS) is 22.2. The number of hydrogen-bond acceptors (Lipinski definition) is 2. The summed E-state index contributed by atoms with van der Waals surface area (Å²) in [6.45, 7) is 0. The van der Waals surface area contributed by atoms with Gasteiger partial charge >= 0.3 is 0 Å². The highest BCUT2D eigenvalue weighted by molar-refractivity contribution is 9.10. The molecule has 3 rings (SSSR count). The first-order valence-electron chi connectivity index (χ1n) is 5.86. The van der Waals surface area contributed by atoms with Gasteiger partial charge in [-0.05, 0) is 17.7 Å². The van der Waals surface area contributed by atoms with Crippen LogP contribution in [0.4, 0.5) is 5.69 Å². The number of carbonyl (C=O) groups is 1. The van der Waals surface area contributed by atoms with Crippen LogP contribution < -0.4 is 5.32 Å². The zero-order valence-corrected chi connectivity index (χ0v) is 11.2. The number of carbonyl (C=O) groups excluding carboxylic acids is 1. The first-order chi connectivity index (χ1) is 8.77. The van der Waals surface area contributed by atoms with Gasteiger partial charge in [0.15, 0.2) is 5.78 Å². The molecule has 1 aliphatic heterocycles. The van der Waals surface area contributed by atoms with Gasteiger partial charge in [-0.25, -0.2) is 0 Å². The van der Waals surface area contributed by atoms with E-state index in [1.165, 1.54) is 0 Å². The number of Topliss-reactive ketones (excluding diaryl/α,β-unsaturated/α-hetero) is 1. The van der Waals surface area contributed by atoms with Gasteiger partial charge in [0, 0.05) is 11.3 Å². The number of benzene rings is 2. The summed E-state index contributed by atoms with van der Waals surface area (Å²) in [5, 5.41) is 3.43. The average Bonchev–Trinajstić information content (AvgIpc) is 2.44. The third kappa shape index (κ3) is 1.85. The zero-order chi connectivity index (χ0) is 12.5. The molecule has 0 radical (unpaired) electrons. The minimum Gasteiger partial charge on any atom is -0.376 e. The lowest BCUT2D eigenvalue weighted by molar-refractivity contribution is 0.0981. The summed E-state index contributed by atoms with van der Waals surface area (Å²) in [7, 11) is 0. The number of halogens is 1. The van der Waals surface area contributed by atoms with E-state index in [1.807, 2.05) is 54.6 Å². The summed E-state index contributed by atoms with van der Waals surface area (Å²) in [5.41, 5.74) is 2.78. The van der Waals surface area contributed by atoms with Crippen LogP contribution in [0.25, 0.3) is 0 Å². The van der Waals surface area contributed by atoms with E-state index in [4.69, 9.17) is 0 Å². The van der Waals surface area contributed by atoms with E-state index < -0.39 is 0 Å². The largest absolute Gasteiger partial charge is 0.376 e. The summed E-state index contributed by atoms with van der Waals surface area (Å²) in [6.07, 6.45) is 0. The van der Waals surface area contributed by atoms with Gasteiger partial charge < -0.3 is 5.32 Å². The summed E-state index contributed by atoms with van der Waals surface area (Å²) in [5.74, 6) is 0.137. The molecule has 1 N–H and O–H groups in total. The number of nitrogens with one attached hydrogen (secondary N) is 1. The molecule has 2 unspecified atom stereocenters. The zero-order valence-electron chi connectivity index (χ0n) is 9.64. The lowest BCUT2D eigenvalue weighted by Crippen LogP contribution is -2.33. The van der Waals surface area contributed by atoms with Gasteiger partial charge in [0.1, 0.15) is 4.83 Å². The molecule has 0 aromatic heterocycles. The smallest absolute Gasteiger partial charge is 0.180 e. The van der Waals surface area contributed by atoms with Crippen LogP contribution in [0.5, 0.6) is 0 Å². The van der Waals surface area contributed by atoms with Crippen LogP contribution in [0, 0.1) is 0 Å². The molecule has 0 spiro atoms. The number of ketones is 1. The summed E-state index contributed by atoms with van der Waals surface area (Å²) >= 11 is 3.51. The van der Waals surface area contributed by atoms with Gasteiger partial charge in [-0.15, -0.1) is 0 Å². The van der Waals surface area contributed by atoms with Gasteiger partial charge in [-0.2, -0.15) is 0 Å². The lowest BCUT2D eigenvalue weighted by atomic mass is 9.92. The van der Waals surface area contributed by atoms with Crippen molar-refractivity contribution in [1.82, 2.24) is 0 Å². The molecular weight excluding hydrogens is 290 g/mol. The summed E-state index contributed by atoms with van der Waals surface area (Å²) < 4.78 is 0. The maximum atomic E-state index is 12.3. The molecule has 0 bridgehead atoms. The summed E-state index contributed by atoms with van der Waals surface area (Å²) in [6, 6.07) is 17.6. The second-order valence-electron chi connectivity index (χ2n) is 4.34. The van der Waals surface area contributed by atoms with E-state index >= 15 is 0 Å². The van der Waals surface area contributed by atoms with E-state index in [-0.39, 0.29) is 16.7 Å². The van der Waals surface area contributed by atoms with Gasteiger partial charge in [0.25, 0.3) is 0 Å². The highest BCUT2D eigenvalue weighted by atomic mass is 79.9. The Bertz CT molecular complexity index is 582. The van der Waals surface area contributed by atoms with Crippen molar-refractivity contribution in [3.63, 3.8) is 0 Å². The monoisotopic (exact) mass is 301 g/mol. The number of rotatable bonds is 1. The molecule has 0 fully saturated rings. The van der Waals surface area contributed by atoms with Crippen molar-refractivity contribution in [2.45, 2.75) is 10.9 Å². The Balaban J connectivity index is 2.04. The minimum absolute atomic E-state index is 0.0198. The quantitative estimate of drug-likeness (QED) is 0.812. The maximum absolute atomic E-state index is 12.3. The van der Waals surface area contributed by atoms with Crippen molar-refractivity contribution >= 4 is 27.4 Å². The van der Waals surface area contributed by atoms with Crippen LogP contribution in [0.2, 0.25) is 0 Å². The second-order valence-corrected chi connectivity index (χ2v) is 5.33. The predicted octanol–water partition coefficient (Wildman–Crippen LogP) is 3.80. The Labute approximate surface area is 114 Å². The molecule has 2 nitrogen and oxygen atoms in total. The van der Waals surface area contributed by atoms with Crippen LogP contribution in [0.1, 0.15) is 22.0 Å². The van der Waals surface area contributed by atoms with Crippen LogP contribution in [0.15, 0.2) is 54.6 Å². The molecular formula is C15H12BrNO. The van der Waals surface area contributed by atoms with E-state index in [9.17, 15) is 4.79 Å². The van der Waals surface area contributed by atoms with Crippen molar-refractivity contribution in [2.24, 2.45) is 0 Å².